The van der Waals surface area contributed by atoms with Crippen molar-refractivity contribution in [2.45, 2.75) is 32.4 Å². The third-order valence-corrected chi connectivity index (χ3v) is 5.21. The molecule has 35 heavy (non-hydrogen) atoms. The van der Waals surface area contributed by atoms with Gasteiger partial charge in [-0.05, 0) is 32.4 Å². The Labute approximate surface area is 201 Å². The number of carbonyl (C=O) groups is 1. The molecular formula is C24H25N7O4. The molecule has 0 aromatic carbocycles. The molecular weight excluding hydrogens is 450 g/mol. The summed E-state index contributed by atoms with van der Waals surface area (Å²) >= 11 is 0. The Morgan fingerprint density at radius 3 is 2.71 bits per heavy atom. The average molecular weight is 476 g/mol. The number of rotatable bonds is 7. The summed E-state index contributed by atoms with van der Waals surface area (Å²) in [6.45, 7) is 5.17. The van der Waals surface area contributed by atoms with Crippen molar-refractivity contribution in [1.29, 1.82) is 5.26 Å². The molecule has 4 aromatic heterocycles. The van der Waals surface area contributed by atoms with Crippen molar-refractivity contribution < 1.29 is 19.4 Å². The first-order valence-electron chi connectivity index (χ1n) is 10.8. The maximum Gasteiger partial charge on any atom is 0.342 e. The Bertz CT molecular complexity index is 1390. The van der Waals surface area contributed by atoms with Gasteiger partial charge in [-0.3, -0.25) is 0 Å². The van der Waals surface area contributed by atoms with Crippen molar-refractivity contribution in [3.8, 4) is 28.8 Å². The number of hydrogen-bond acceptors (Lipinski definition) is 8. The van der Waals surface area contributed by atoms with E-state index in [9.17, 15) is 15.2 Å². The van der Waals surface area contributed by atoms with Crippen LogP contribution in [0.5, 0.6) is 11.6 Å². The summed E-state index contributed by atoms with van der Waals surface area (Å²) in [5.74, 6) is 0.931. The molecule has 0 spiro atoms. The van der Waals surface area contributed by atoms with Crippen LogP contribution in [-0.4, -0.2) is 54.8 Å². The van der Waals surface area contributed by atoms with Gasteiger partial charge in [0, 0.05) is 29.6 Å². The van der Waals surface area contributed by atoms with Gasteiger partial charge in [0.15, 0.2) is 0 Å². The maximum atomic E-state index is 12.8. The molecule has 1 unspecified atom stereocenters. The van der Waals surface area contributed by atoms with E-state index in [1.165, 1.54) is 28.7 Å². The molecule has 0 aliphatic carbocycles. The molecule has 11 nitrogen and oxygen atoms in total. The minimum absolute atomic E-state index is 0.0596. The van der Waals surface area contributed by atoms with Crippen LogP contribution in [0.2, 0.25) is 0 Å². The van der Waals surface area contributed by atoms with Crippen LogP contribution in [0.4, 0.5) is 4.79 Å². The first-order valence-corrected chi connectivity index (χ1v) is 10.8. The smallest absolute Gasteiger partial charge is 0.342 e. The minimum atomic E-state index is -1.03. The lowest BCUT2D eigenvalue weighted by Crippen LogP contribution is -2.31. The Morgan fingerprint density at radius 1 is 1.26 bits per heavy atom. The van der Waals surface area contributed by atoms with Gasteiger partial charge >= 0.3 is 6.03 Å². The average Bonchev–Trinajstić information content (AvgIpc) is 3.49. The number of aromatic nitrogens is 5. The number of methoxy groups -OCH3 is 1. The highest BCUT2D eigenvalue weighted by Gasteiger charge is 2.19. The van der Waals surface area contributed by atoms with Crippen molar-refractivity contribution >= 4 is 11.5 Å². The summed E-state index contributed by atoms with van der Waals surface area (Å²) in [6, 6.07) is 6.66. The summed E-state index contributed by atoms with van der Waals surface area (Å²) in [5.41, 5.74) is 1.90. The number of nitriles is 1. The number of ether oxygens (including phenoxy) is 2. The fourth-order valence-electron chi connectivity index (χ4n) is 3.41. The zero-order valence-corrected chi connectivity index (χ0v) is 19.8. The highest BCUT2D eigenvalue weighted by molar-refractivity contribution is 5.86. The molecule has 4 heterocycles. The van der Waals surface area contributed by atoms with E-state index in [0.29, 0.717) is 33.8 Å². The molecule has 2 N–H and O–H groups in total. The third kappa shape index (κ3) is 5.23. The molecule has 11 heteroatoms. The molecule has 0 radical (unpaired) electrons. The highest BCUT2D eigenvalue weighted by Crippen LogP contribution is 2.31. The second kappa shape index (κ2) is 9.44. The number of fused-ring (bicyclic) bond motifs is 1. The lowest BCUT2D eigenvalue weighted by atomic mass is 10.1. The van der Waals surface area contributed by atoms with Crippen LogP contribution < -0.4 is 14.8 Å². The monoisotopic (exact) mass is 475 g/mol. The molecule has 0 saturated heterocycles. The number of nitrogens with one attached hydrogen (secondary N) is 1. The van der Waals surface area contributed by atoms with E-state index >= 15 is 0 Å². The van der Waals surface area contributed by atoms with Gasteiger partial charge in [0.05, 0.1) is 48.4 Å². The van der Waals surface area contributed by atoms with Crippen LogP contribution in [0, 0.1) is 11.3 Å². The SMILES string of the molecule is COc1ccc(C(C)NC(=O)n2cc(-c3cc(OCC(C)(C)O)cn4ncc(C#N)c34)cn2)cn1. The van der Waals surface area contributed by atoms with Crippen molar-refractivity contribution in [3.05, 3.63) is 60.3 Å². The van der Waals surface area contributed by atoms with Gasteiger partial charge in [-0.25, -0.2) is 14.3 Å². The second-order valence-corrected chi connectivity index (χ2v) is 8.63. The Hall–Kier alpha value is -4.43. The van der Waals surface area contributed by atoms with Crippen molar-refractivity contribution in [3.63, 3.8) is 0 Å². The topological polar surface area (TPSA) is 140 Å². The van der Waals surface area contributed by atoms with Gasteiger partial charge in [-0.1, -0.05) is 6.07 Å². The molecule has 0 saturated carbocycles. The summed E-state index contributed by atoms with van der Waals surface area (Å²) in [7, 11) is 1.54. The van der Waals surface area contributed by atoms with Crippen LogP contribution in [0.25, 0.3) is 16.6 Å². The number of nitrogens with zero attached hydrogens (tertiary/aromatic N) is 6. The molecule has 0 aliphatic rings. The van der Waals surface area contributed by atoms with Gasteiger partial charge in [0.2, 0.25) is 5.88 Å². The van der Waals surface area contributed by atoms with Crippen molar-refractivity contribution in [2.24, 2.45) is 0 Å². The number of amides is 1. The van der Waals surface area contributed by atoms with Gasteiger partial charge < -0.3 is 19.9 Å². The maximum absolute atomic E-state index is 12.8. The third-order valence-electron chi connectivity index (χ3n) is 5.21. The summed E-state index contributed by atoms with van der Waals surface area (Å²) in [6.07, 6.45) is 7.82. The predicted molar refractivity (Wildman–Crippen MR) is 126 cm³/mol. The van der Waals surface area contributed by atoms with E-state index in [0.717, 1.165) is 5.56 Å². The van der Waals surface area contributed by atoms with Crippen LogP contribution >= 0.6 is 0 Å². The lowest BCUT2D eigenvalue weighted by molar-refractivity contribution is 0.0283. The molecule has 4 aromatic rings. The van der Waals surface area contributed by atoms with Crippen LogP contribution in [0.15, 0.2) is 49.2 Å². The fraction of sp³-hybridized carbons (Fsp3) is 0.292. The summed E-state index contributed by atoms with van der Waals surface area (Å²) in [5, 5.41) is 30.9. The molecule has 0 fully saturated rings. The van der Waals surface area contributed by atoms with E-state index in [2.05, 4.69) is 26.6 Å². The van der Waals surface area contributed by atoms with E-state index in [-0.39, 0.29) is 12.6 Å². The highest BCUT2D eigenvalue weighted by atomic mass is 16.5. The predicted octanol–water partition coefficient (Wildman–Crippen LogP) is 2.94. The molecule has 180 valence electrons. The van der Waals surface area contributed by atoms with E-state index in [1.54, 1.807) is 44.6 Å². The first kappa shape index (κ1) is 23.7. The standard InChI is InChI=1S/C24H25N7O4/c1-15(16-5-6-21(34-4)26-9-16)29-23(32)31-12-18(11-28-31)20-7-19(35-14-24(2,3)33)13-30-22(20)17(8-25)10-27-30/h5-7,9-13,15,33H,14H2,1-4H3,(H,29,32). The van der Waals surface area contributed by atoms with Gasteiger partial charge in [-0.15, -0.1) is 0 Å². The zero-order valence-electron chi connectivity index (χ0n) is 19.8. The molecule has 0 aliphatic heterocycles. The Balaban J connectivity index is 1.61. The van der Waals surface area contributed by atoms with Gasteiger partial charge in [0.25, 0.3) is 0 Å². The van der Waals surface area contributed by atoms with Crippen LogP contribution in [0.3, 0.4) is 0 Å². The molecule has 1 amide bonds. The van der Waals surface area contributed by atoms with Gasteiger partial charge in [0.1, 0.15) is 18.4 Å². The molecule has 1 atom stereocenters. The number of hydrogen-bond donors (Lipinski definition) is 2. The normalized spacial score (nSPS) is 12.2. The summed E-state index contributed by atoms with van der Waals surface area (Å²) in [4.78, 5) is 17.0. The van der Waals surface area contributed by atoms with Crippen LogP contribution in [0.1, 0.15) is 37.9 Å². The Kier molecular flexibility index (Phi) is 6.40. The van der Waals surface area contributed by atoms with E-state index < -0.39 is 11.6 Å². The first-order chi connectivity index (χ1) is 16.7. The Morgan fingerprint density at radius 2 is 2.06 bits per heavy atom. The van der Waals surface area contributed by atoms with Gasteiger partial charge in [-0.2, -0.15) is 20.1 Å². The number of carbonyl (C=O) groups excluding carboxylic acids is 1. The van der Waals surface area contributed by atoms with Crippen molar-refractivity contribution in [1.82, 2.24) is 29.7 Å². The van der Waals surface area contributed by atoms with E-state index in [4.69, 9.17) is 9.47 Å². The quantitative estimate of drug-likeness (QED) is 0.416. The molecule has 0 bridgehead atoms. The summed E-state index contributed by atoms with van der Waals surface area (Å²) < 4.78 is 13.5. The zero-order chi connectivity index (χ0) is 25.2. The van der Waals surface area contributed by atoms with E-state index in [1.807, 2.05) is 13.0 Å². The molecule has 4 rings (SSSR count). The number of aliphatic hydroxyl groups is 1. The minimum Gasteiger partial charge on any atom is -0.489 e. The fourth-order valence-corrected chi connectivity index (χ4v) is 3.41. The lowest BCUT2D eigenvalue weighted by Gasteiger charge is -2.18. The number of pyridine rings is 2. The largest absolute Gasteiger partial charge is 0.489 e. The van der Waals surface area contributed by atoms with Crippen LogP contribution in [-0.2, 0) is 0 Å². The van der Waals surface area contributed by atoms with Crippen molar-refractivity contribution in [2.75, 3.05) is 13.7 Å². The second-order valence-electron chi connectivity index (χ2n) is 8.63.